The van der Waals surface area contributed by atoms with Crippen molar-refractivity contribution >= 4 is 11.9 Å². The summed E-state index contributed by atoms with van der Waals surface area (Å²) in [6.45, 7) is 7.27. The van der Waals surface area contributed by atoms with Crippen LogP contribution < -0.4 is 9.64 Å². The molecule has 2 atom stereocenters. The highest BCUT2D eigenvalue weighted by Crippen LogP contribution is 2.50. The Bertz CT molecular complexity index is 1070. The number of rotatable bonds is 10. The third-order valence-corrected chi connectivity index (χ3v) is 8.07. The van der Waals surface area contributed by atoms with Crippen LogP contribution in [0.1, 0.15) is 56.8 Å². The first kappa shape index (κ1) is 25.9. The summed E-state index contributed by atoms with van der Waals surface area (Å²) < 4.78 is 45.4. The van der Waals surface area contributed by atoms with Gasteiger partial charge in [-0.25, -0.2) is 8.78 Å². The molecule has 3 heterocycles. The number of anilines is 1. The second-order valence-electron chi connectivity index (χ2n) is 10.9. The van der Waals surface area contributed by atoms with Crippen LogP contribution in [0.2, 0.25) is 0 Å². The van der Waals surface area contributed by atoms with Crippen molar-refractivity contribution in [2.75, 3.05) is 44.8 Å². The van der Waals surface area contributed by atoms with Crippen LogP contribution in [0.3, 0.4) is 0 Å². The SMILES string of the molecule is COC1CN(C(=O)Cc2c(F)cc(OCC[C@@H]3C[C@@H]3C3CCN(c4nc(C(C)C)no4)CC3)cc2F)C1. The van der Waals surface area contributed by atoms with Crippen molar-refractivity contribution < 1.29 is 27.6 Å². The first-order valence-electron chi connectivity index (χ1n) is 13.3. The standard InChI is InChI=1S/C27H36F2N4O4/c1-16(2)26-30-27(37-31-26)32-7-4-17(5-8-32)21-10-18(21)6-9-36-19-11-23(28)22(24(29)12-19)13-25(34)33-14-20(15-33)35-3/h11-12,16-18,20-21H,4-10,13-15H2,1-3H3/t18-,21-/m1/s1. The number of carbonyl (C=O) groups is 1. The molecule has 0 bridgehead atoms. The molecule has 8 nitrogen and oxygen atoms in total. The Balaban J connectivity index is 1.03. The van der Waals surface area contributed by atoms with E-state index < -0.39 is 11.6 Å². The maximum Gasteiger partial charge on any atom is 0.324 e. The van der Waals surface area contributed by atoms with Crippen molar-refractivity contribution in [1.82, 2.24) is 15.0 Å². The average Bonchev–Trinajstić information content (AvgIpc) is 3.43. The third kappa shape index (κ3) is 5.89. The molecule has 1 aliphatic carbocycles. The lowest BCUT2D eigenvalue weighted by Gasteiger charge is -2.38. The number of methoxy groups -OCH3 is 1. The summed E-state index contributed by atoms with van der Waals surface area (Å²) in [7, 11) is 1.58. The summed E-state index contributed by atoms with van der Waals surface area (Å²) in [4.78, 5) is 20.5. The molecule has 1 aromatic carbocycles. The van der Waals surface area contributed by atoms with Gasteiger partial charge in [0.05, 0.1) is 19.1 Å². The summed E-state index contributed by atoms with van der Waals surface area (Å²) in [6, 6.07) is 2.99. The molecule has 2 aromatic rings. The molecule has 10 heteroatoms. The van der Waals surface area contributed by atoms with Gasteiger partial charge in [0, 0.05) is 56.9 Å². The minimum Gasteiger partial charge on any atom is -0.493 e. The predicted molar refractivity (Wildman–Crippen MR) is 132 cm³/mol. The zero-order chi connectivity index (χ0) is 26.1. The molecule has 5 rings (SSSR count). The smallest absolute Gasteiger partial charge is 0.324 e. The van der Waals surface area contributed by atoms with Gasteiger partial charge in [0.15, 0.2) is 5.82 Å². The van der Waals surface area contributed by atoms with Crippen molar-refractivity contribution in [1.29, 1.82) is 0 Å². The Morgan fingerprint density at radius 1 is 1.19 bits per heavy atom. The highest BCUT2D eigenvalue weighted by Gasteiger charge is 2.43. The van der Waals surface area contributed by atoms with Gasteiger partial charge in [0.2, 0.25) is 5.91 Å². The molecule has 1 aromatic heterocycles. The minimum atomic E-state index is -0.745. The maximum absolute atomic E-state index is 14.6. The summed E-state index contributed by atoms with van der Waals surface area (Å²) in [5, 5.41) is 4.06. The number of carbonyl (C=O) groups excluding carboxylic acids is 1. The number of aromatic nitrogens is 2. The van der Waals surface area contributed by atoms with Crippen molar-refractivity contribution in [2.24, 2.45) is 17.8 Å². The molecule has 0 N–H and O–H groups in total. The molecule has 0 radical (unpaired) electrons. The Kier molecular flexibility index (Phi) is 7.65. The zero-order valence-electron chi connectivity index (χ0n) is 21.8. The van der Waals surface area contributed by atoms with Gasteiger partial charge in [-0.3, -0.25) is 4.79 Å². The monoisotopic (exact) mass is 518 g/mol. The predicted octanol–water partition coefficient (Wildman–Crippen LogP) is 4.19. The molecule has 2 aliphatic heterocycles. The maximum atomic E-state index is 14.6. The zero-order valence-corrected chi connectivity index (χ0v) is 21.8. The summed E-state index contributed by atoms with van der Waals surface area (Å²) >= 11 is 0. The van der Waals surface area contributed by atoms with Crippen LogP contribution >= 0.6 is 0 Å². The van der Waals surface area contributed by atoms with E-state index in [1.807, 2.05) is 0 Å². The van der Waals surface area contributed by atoms with Crippen LogP contribution in [0.25, 0.3) is 0 Å². The lowest BCUT2D eigenvalue weighted by molar-refractivity contribution is -0.142. The molecule has 1 saturated carbocycles. The van der Waals surface area contributed by atoms with E-state index in [4.69, 9.17) is 14.0 Å². The van der Waals surface area contributed by atoms with E-state index in [9.17, 15) is 13.6 Å². The fraction of sp³-hybridized carbons (Fsp3) is 0.667. The van der Waals surface area contributed by atoms with Gasteiger partial charge in [-0.1, -0.05) is 19.0 Å². The number of piperidine rings is 1. The van der Waals surface area contributed by atoms with Crippen molar-refractivity contribution in [3.63, 3.8) is 0 Å². The highest BCUT2D eigenvalue weighted by atomic mass is 19.1. The molecule has 37 heavy (non-hydrogen) atoms. The highest BCUT2D eigenvalue weighted by molar-refractivity contribution is 5.79. The third-order valence-electron chi connectivity index (χ3n) is 8.07. The number of hydrogen-bond donors (Lipinski definition) is 0. The lowest BCUT2D eigenvalue weighted by Crippen LogP contribution is -2.54. The van der Waals surface area contributed by atoms with Crippen LogP contribution in [0, 0.1) is 29.4 Å². The largest absolute Gasteiger partial charge is 0.493 e. The molecule has 2 saturated heterocycles. The van der Waals surface area contributed by atoms with Gasteiger partial charge in [-0.15, -0.1) is 0 Å². The number of benzene rings is 1. The topological polar surface area (TPSA) is 80.9 Å². The Hall–Kier alpha value is -2.75. The molecule has 3 aliphatic rings. The number of hydrogen-bond acceptors (Lipinski definition) is 7. The van der Waals surface area contributed by atoms with Crippen LogP contribution in [0.15, 0.2) is 16.7 Å². The number of halogens is 2. The normalized spacial score (nSPS) is 22.4. The molecule has 0 unspecified atom stereocenters. The number of nitrogens with zero attached hydrogens (tertiary/aromatic N) is 4. The summed E-state index contributed by atoms with van der Waals surface area (Å²) in [5.41, 5.74) is -0.215. The van der Waals surface area contributed by atoms with Crippen LogP contribution in [-0.2, 0) is 16.0 Å². The summed E-state index contributed by atoms with van der Waals surface area (Å²) in [6.07, 6.45) is 3.94. The Morgan fingerprint density at radius 3 is 2.51 bits per heavy atom. The molecule has 202 valence electrons. The second kappa shape index (κ2) is 10.9. The van der Waals surface area contributed by atoms with Crippen molar-refractivity contribution in [3.05, 3.63) is 35.2 Å². The molecule has 0 spiro atoms. The Morgan fingerprint density at radius 2 is 1.89 bits per heavy atom. The molecular weight excluding hydrogens is 482 g/mol. The van der Waals surface area contributed by atoms with E-state index in [-0.39, 0.29) is 35.7 Å². The van der Waals surface area contributed by atoms with Gasteiger partial charge in [-0.2, -0.15) is 4.98 Å². The second-order valence-corrected chi connectivity index (χ2v) is 10.9. The van der Waals surface area contributed by atoms with Gasteiger partial charge in [-0.05, 0) is 43.4 Å². The summed E-state index contributed by atoms with van der Waals surface area (Å²) in [5.74, 6) is 1.31. The van der Waals surface area contributed by atoms with Crippen LogP contribution in [0.4, 0.5) is 14.8 Å². The molecule has 1 amide bonds. The first-order valence-corrected chi connectivity index (χ1v) is 13.3. The van der Waals surface area contributed by atoms with E-state index in [2.05, 4.69) is 28.9 Å². The van der Waals surface area contributed by atoms with Crippen LogP contribution in [-0.4, -0.2) is 66.9 Å². The fourth-order valence-corrected chi connectivity index (χ4v) is 5.50. The average molecular weight is 519 g/mol. The van der Waals surface area contributed by atoms with E-state index in [1.54, 1.807) is 12.0 Å². The number of likely N-dealkylation sites (tertiary alicyclic amines) is 1. The van der Waals surface area contributed by atoms with Crippen molar-refractivity contribution in [3.8, 4) is 5.75 Å². The molecule has 3 fully saturated rings. The van der Waals surface area contributed by atoms with Gasteiger partial charge in [0.1, 0.15) is 17.4 Å². The molecular formula is C27H36F2N4O4. The van der Waals surface area contributed by atoms with Crippen molar-refractivity contribution in [2.45, 2.75) is 58.0 Å². The van der Waals surface area contributed by atoms with E-state index in [0.717, 1.165) is 38.2 Å². The van der Waals surface area contributed by atoms with Crippen LogP contribution in [0.5, 0.6) is 5.75 Å². The minimum absolute atomic E-state index is 0.00274. The lowest BCUT2D eigenvalue weighted by atomic mass is 9.90. The number of amides is 1. The fourth-order valence-electron chi connectivity index (χ4n) is 5.50. The first-order chi connectivity index (χ1) is 17.8. The quantitative estimate of drug-likeness (QED) is 0.467. The van der Waals surface area contributed by atoms with Gasteiger partial charge >= 0.3 is 6.01 Å². The van der Waals surface area contributed by atoms with Gasteiger partial charge < -0.3 is 23.8 Å². The van der Waals surface area contributed by atoms with E-state index in [0.29, 0.717) is 43.5 Å². The van der Waals surface area contributed by atoms with Gasteiger partial charge in [0.25, 0.3) is 0 Å². The Labute approximate surface area is 216 Å². The number of ether oxygens (including phenoxy) is 2. The van der Waals surface area contributed by atoms with E-state index in [1.165, 1.54) is 18.6 Å². The van der Waals surface area contributed by atoms with E-state index >= 15 is 0 Å².